The second-order valence-electron chi connectivity index (χ2n) is 2.63. The van der Waals surface area contributed by atoms with Crippen LogP contribution in [0.2, 0.25) is 0 Å². The summed E-state index contributed by atoms with van der Waals surface area (Å²) in [4.78, 5) is 0. The van der Waals surface area contributed by atoms with Gasteiger partial charge in [0.1, 0.15) is 0 Å². The molecule has 0 spiro atoms. The minimum atomic E-state index is -4.54. The van der Waals surface area contributed by atoms with E-state index in [1.165, 1.54) is 22.6 Å². The SMILES string of the molecule is FC(F)c1ccc(C(F)(F)F)c(Br)c1I. The molecule has 0 atom stereocenters. The lowest BCUT2D eigenvalue weighted by molar-refractivity contribution is -0.138. The maximum atomic E-state index is 12.3. The Morgan fingerprint density at radius 2 is 1.73 bits per heavy atom. The van der Waals surface area contributed by atoms with Crippen LogP contribution in [0, 0.1) is 3.57 Å². The topological polar surface area (TPSA) is 0 Å². The molecular weight excluding hydrogens is 398 g/mol. The van der Waals surface area contributed by atoms with Gasteiger partial charge >= 0.3 is 6.18 Å². The van der Waals surface area contributed by atoms with Crippen LogP contribution < -0.4 is 0 Å². The molecule has 0 saturated heterocycles. The Labute approximate surface area is 104 Å². The first kappa shape index (κ1) is 13.1. The van der Waals surface area contributed by atoms with Crippen LogP contribution in [-0.2, 0) is 6.18 Å². The third-order valence-corrected chi connectivity index (χ3v) is 4.38. The van der Waals surface area contributed by atoms with Crippen molar-refractivity contribution in [1.29, 1.82) is 0 Å². The maximum Gasteiger partial charge on any atom is 0.417 e. The van der Waals surface area contributed by atoms with Crippen molar-refractivity contribution in [2.75, 3.05) is 0 Å². The van der Waals surface area contributed by atoms with Gasteiger partial charge < -0.3 is 0 Å². The summed E-state index contributed by atoms with van der Waals surface area (Å²) in [6.45, 7) is 0. The van der Waals surface area contributed by atoms with Crippen molar-refractivity contribution < 1.29 is 22.0 Å². The lowest BCUT2D eigenvalue weighted by atomic mass is 10.1. The molecule has 0 unspecified atom stereocenters. The summed E-state index contributed by atoms with van der Waals surface area (Å²) in [7, 11) is 0. The van der Waals surface area contributed by atoms with E-state index in [1.54, 1.807) is 0 Å². The van der Waals surface area contributed by atoms with Gasteiger partial charge in [0.25, 0.3) is 6.43 Å². The zero-order valence-electron chi connectivity index (χ0n) is 6.88. The van der Waals surface area contributed by atoms with E-state index in [2.05, 4.69) is 15.9 Å². The summed E-state index contributed by atoms with van der Waals surface area (Å²) in [6, 6.07) is 1.44. The van der Waals surface area contributed by atoms with Crippen molar-refractivity contribution in [3.05, 3.63) is 31.3 Å². The first-order valence-electron chi connectivity index (χ1n) is 3.58. The van der Waals surface area contributed by atoms with Gasteiger partial charge in [-0.15, -0.1) is 0 Å². The molecule has 0 amide bonds. The Morgan fingerprint density at radius 1 is 1.20 bits per heavy atom. The fourth-order valence-electron chi connectivity index (χ4n) is 0.952. The Morgan fingerprint density at radius 3 is 2.13 bits per heavy atom. The van der Waals surface area contributed by atoms with Crippen LogP contribution in [0.1, 0.15) is 17.6 Å². The van der Waals surface area contributed by atoms with E-state index in [0.29, 0.717) is 6.07 Å². The molecule has 0 aliphatic carbocycles. The van der Waals surface area contributed by atoms with Gasteiger partial charge in [0.2, 0.25) is 0 Å². The Hall–Kier alpha value is 0.0800. The Kier molecular flexibility index (Phi) is 3.96. The number of halogens is 7. The summed E-state index contributed by atoms with van der Waals surface area (Å²) in [5.41, 5.74) is -1.35. The first-order chi connectivity index (χ1) is 6.75. The van der Waals surface area contributed by atoms with Crippen LogP contribution in [0.5, 0.6) is 0 Å². The van der Waals surface area contributed by atoms with E-state index in [-0.39, 0.29) is 8.04 Å². The quantitative estimate of drug-likeness (QED) is 0.459. The highest BCUT2D eigenvalue weighted by molar-refractivity contribution is 14.1. The van der Waals surface area contributed by atoms with E-state index in [1.807, 2.05) is 0 Å². The van der Waals surface area contributed by atoms with Crippen LogP contribution >= 0.6 is 38.5 Å². The van der Waals surface area contributed by atoms with Crippen LogP contribution in [0.3, 0.4) is 0 Å². The molecule has 0 aliphatic heterocycles. The number of rotatable bonds is 1. The highest BCUT2D eigenvalue weighted by Gasteiger charge is 2.34. The summed E-state index contributed by atoms with van der Waals surface area (Å²) < 4.78 is 61.2. The number of alkyl halides is 5. The maximum absolute atomic E-state index is 12.3. The third kappa shape index (κ3) is 2.80. The van der Waals surface area contributed by atoms with Crippen molar-refractivity contribution in [3.8, 4) is 0 Å². The van der Waals surface area contributed by atoms with Gasteiger partial charge in [0.15, 0.2) is 0 Å². The standard InChI is InChI=1S/C8H3BrF5I/c9-5-4(8(12,13)14)2-1-3(6(5)15)7(10)11/h1-2,7H. The van der Waals surface area contributed by atoms with Gasteiger partial charge in [0.05, 0.1) is 5.56 Å². The van der Waals surface area contributed by atoms with Crippen molar-refractivity contribution >= 4 is 38.5 Å². The Bertz CT molecular complexity index is 374. The molecule has 7 heteroatoms. The van der Waals surface area contributed by atoms with Gasteiger partial charge in [-0.1, -0.05) is 6.07 Å². The predicted octanol–water partition coefficient (Wildman–Crippen LogP) is 5.01. The molecule has 1 aromatic carbocycles. The highest BCUT2D eigenvalue weighted by Crippen LogP contribution is 2.40. The molecule has 0 aliphatic rings. The van der Waals surface area contributed by atoms with Crippen LogP contribution in [0.25, 0.3) is 0 Å². The molecule has 0 radical (unpaired) electrons. The van der Waals surface area contributed by atoms with Crippen LogP contribution in [0.15, 0.2) is 16.6 Å². The fraction of sp³-hybridized carbons (Fsp3) is 0.250. The number of hydrogen-bond donors (Lipinski definition) is 0. The molecule has 0 nitrogen and oxygen atoms in total. The normalized spacial score (nSPS) is 12.3. The molecule has 0 bridgehead atoms. The van der Waals surface area contributed by atoms with Crippen molar-refractivity contribution in [2.24, 2.45) is 0 Å². The van der Waals surface area contributed by atoms with Gasteiger partial charge in [-0.05, 0) is 44.6 Å². The minimum Gasteiger partial charge on any atom is -0.205 e. The zero-order valence-corrected chi connectivity index (χ0v) is 10.6. The Balaban J connectivity index is 3.34. The summed E-state index contributed by atoms with van der Waals surface area (Å²) in [5.74, 6) is 0. The highest BCUT2D eigenvalue weighted by atomic mass is 127. The number of hydrogen-bond acceptors (Lipinski definition) is 0. The second kappa shape index (κ2) is 4.52. The average molecular weight is 401 g/mol. The first-order valence-corrected chi connectivity index (χ1v) is 5.45. The van der Waals surface area contributed by atoms with Gasteiger partial charge in [-0.3, -0.25) is 0 Å². The van der Waals surface area contributed by atoms with Gasteiger partial charge in [-0.2, -0.15) is 13.2 Å². The molecular formula is C8H3BrF5I. The van der Waals surface area contributed by atoms with Crippen molar-refractivity contribution in [3.63, 3.8) is 0 Å². The smallest absolute Gasteiger partial charge is 0.205 e. The second-order valence-corrected chi connectivity index (χ2v) is 4.50. The average Bonchev–Trinajstić information content (AvgIpc) is 2.06. The van der Waals surface area contributed by atoms with Crippen molar-refractivity contribution in [2.45, 2.75) is 12.6 Å². The van der Waals surface area contributed by atoms with Gasteiger partial charge in [0, 0.05) is 13.6 Å². The van der Waals surface area contributed by atoms with E-state index >= 15 is 0 Å². The molecule has 0 fully saturated rings. The molecule has 1 rings (SSSR count). The van der Waals surface area contributed by atoms with E-state index < -0.39 is 23.7 Å². The predicted molar refractivity (Wildman–Crippen MR) is 56.8 cm³/mol. The summed E-state index contributed by atoms with van der Waals surface area (Å²) >= 11 is 4.13. The third-order valence-electron chi connectivity index (χ3n) is 1.65. The molecule has 0 heterocycles. The summed E-state index contributed by atoms with van der Waals surface area (Å²) in [6.07, 6.45) is -7.32. The molecule has 1 aromatic rings. The largest absolute Gasteiger partial charge is 0.417 e. The molecule has 15 heavy (non-hydrogen) atoms. The van der Waals surface area contributed by atoms with Crippen molar-refractivity contribution in [1.82, 2.24) is 0 Å². The minimum absolute atomic E-state index is 0.113. The molecule has 84 valence electrons. The van der Waals surface area contributed by atoms with E-state index in [4.69, 9.17) is 0 Å². The molecule has 0 saturated carbocycles. The van der Waals surface area contributed by atoms with Crippen LogP contribution in [-0.4, -0.2) is 0 Å². The fourth-order valence-corrected chi connectivity index (χ4v) is 2.24. The lowest BCUT2D eigenvalue weighted by Crippen LogP contribution is -2.08. The van der Waals surface area contributed by atoms with E-state index in [0.717, 1.165) is 6.07 Å². The molecule has 0 N–H and O–H groups in total. The lowest BCUT2D eigenvalue weighted by Gasteiger charge is -2.12. The van der Waals surface area contributed by atoms with Gasteiger partial charge in [-0.25, -0.2) is 8.78 Å². The number of benzene rings is 1. The zero-order chi connectivity index (χ0) is 11.8. The van der Waals surface area contributed by atoms with Crippen LogP contribution in [0.4, 0.5) is 22.0 Å². The monoisotopic (exact) mass is 400 g/mol. The summed E-state index contributed by atoms with van der Waals surface area (Å²) in [5, 5.41) is 0. The molecule has 0 aromatic heterocycles. The van der Waals surface area contributed by atoms with E-state index in [9.17, 15) is 22.0 Å².